The predicted octanol–water partition coefficient (Wildman–Crippen LogP) is 5.62. The van der Waals surface area contributed by atoms with Gasteiger partial charge >= 0.3 is 0 Å². The van der Waals surface area contributed by atoms with Crippen molar-refractivity contribution in [2.45, 2.75) is 6.92 Å². The molecule has 0 radical (unpaired) electrons. The maximum atomic E-state index is 3.75. The summed E-state index contributed by atoms with van der Waals surface area (Å²) >= 11 is 0. The topological polar surface area (TPSA) is 20.7 Å². The number of nitrogens with one attached hydrogen (secondary N) is 1. The normalized spacial score (nSPS) is 11.7. The number of rotatable bonds is 3. The van der Waals surface area contributed by atoms with Crippen LogP contribution in [0.5, 0.6) is 0 Å². The van der Waals surface area contributed by atoms with E-state index in [2.05, 4.69) is 77.8 Å². The fourth-order valence-electron chi connectivity index (χ4n) is 3.18. The van der Waals surface area contributed by atoms with Gasteiger partial charge in [0.05, 0.1) is 11.0 Å². The van der Waals surface area contributed by atoms with E-state index in [-0.39, 0.29) is 0 Å². The summed E-state index contributed by atoms with van der Waals surface area (Å²) in [6.45, 7) is 5.91. The molecular formula is C21H18N2. The summed E-state index contributed by atoms with van der Waals surface area (Å²) in [5.74, 6) is 0. The summed E-state index contributed by atoms with van der Waals surface area (Å²) in [6.07, 6.45) is 7.97. The molecule has 0 aliphatic rings. The van der Waals surface area contributed by atoms with E-state index in [1.54, 1.807) is 6.08 Å². The van der Waals surface area contributed by atoms with Crippen LogP contribution in [0.15, 0.2) is 73.5 Å². The van der Waals surface area contributed by atoms with Crippen molar-refractivity contribution in [3.05, 3.63) is 84.7 Å². The standard InChI is InChI=1S/C21H18N2/c1-3-4-10-19-15(2)18-12-11-16-13-14-23(21(16)20(18)22-19)17-8-6-5-7-9-17/h3-14,22H,1H2,2H3/b10-4-. The average molecular weight is 298 g/mol. The van der Waals surface area contributed by atoms with Gasteiger partial charge in [0.2, 0.25) is 0 Å². The molecule has 1 N–H and O–H groups in total. The first-order chi connectivity index (χ1) is 11.3. The Balaban J connectivity index is 2.06. The van der Waals surface area contributed by atoms with Crippen molar-refractivity contribution < 1.29 is 0 Å². The van der Waals surface area contributed by atoms with Gasteiger partial charge in [-0.3, -0.25) is 0 Å². The van der Waals surface area contributed by atoms with Crippen molar-refractivity contribution in [3.8, 4) is 5.69 Å². The summed E-state index contributed by atoms with van der Waals surface area (Å²) in [4.78, 5) is 3.58. The first kappa shape index (κ1) is 13.6. The van der Waals surface area contributed by atoms with E-state index in [4.69, 9.17) is 0 Å². The van der Waals surface area contributed by atoms with Crippen LogP contribution in [0.2, 0.25) is 0 Å². The molecule has 0 bridgehead atoms. The number of aryl methyl sites for hydroxylation is 1. The van der Waals surface area contributed by atoms with Crippen LogP contribution in [0.25, 0.3) is 33.6 Å². The number of fused-ring (bicyclic) bond motifs is 3. The zero-order valence-corrected chi connectivity index (χ0v) is 13.1. The molecule has 0 aliphatic carbocycles. The zero-order valence-electron chi connectivity index (χ0n) is 13.1. The first-order valence-electron chi connectivity index (χ1n) is 7.76. The van der Waals surface area contributed by atoms with Gasteiger partial charge in [-0.05, 0) is 36.8 Å². The highest BCUT2D eigenvalue weighted by molar-refractivity contribution is 6.07. The second kappa shape index (κ2) is 5.33. The van der Waals surface area contributed by atoms with Crippen LogP contribution in [-0.2, 0) is 0 Å². The highest BCUT2D eigenvalue weighted by atomic mass is 15.0. The third-order valence-corrected chi connectivity index (χ3v) is 4.35. The van der Waals surface area contributed by atoms with Crippen molar-refractivity contribution in [1.29, 1.82) is 0 Å². The second-order valence-electron chi connectivity index (χ2n) is 5.71. The predicted molar refractivity (Wildman–Crippen MR) is 99.1 cm³/mol. The molecule has 112 valence electrons. The third-order valence-electron chi connectivity index (χ3n) is 4.35. The number of hydrogen-bond donors (Lipinski definition) is 1. The first-order valence-corrected chi connectivity index (χ1v) is 7.76. The Morgan fingerprint density at radius 1 is 1.04 bits per heavy atom. The smallest absolute Gasteiger partial charge is 0.0771 e. The number of allylic oxidation sites excluding steroid dienone is 2. The lowest BCUT2D eigenvalue weighted by Gasteiger charge is -2.06. The lowest BCUT2D eigenvalue weighted by molar-refractivity contribution is 1.13. The van der Waals surface area contributed by atoms with Gasteiger partial charge in [0, 0.05) is 28.4 Å². The Kier molecular flexibility index (Phi) is 3.16. The van der Waals surface area contributed by atoms with Crippen molar-refractivity contribution in [1.82, 2.24) is 9.55 Å². The Morgan fingerprint density at radius 3 is 2.65 bits per heavy atom. The largest absolute Gasteiger partial charge is 0.353 e. The molecule has 4 rings (SSSR count). The fraction of sp³-hybridized carbons (Fsp3) is 0.0476. The summed E-state index contributed by atoms with van der Waals surface area (Å²) in [5, 5.41) is 2.50. The van der Waals surface area contributed by atoms with E-state index in [9.17, 15) is 0 Å². The summed E-state index contributed by atoms with van der Waals surface area (Å²) in [7, 11) is 0. The molecule has 0 saturated carbocycles. The average Bonchev–Trinajstić information content (AvgIpc) is 3.15. The number of hydrogen-bond acceptors (Lipinski definition) is 0. The van der Waals surface area contributed by atoms with Crippen LogP contribution in [0.3, 0.4) is 0 Å². The van der Waals surface area contributed by atoms with Gasteiger partial charge in [0.1, 0.15) is 0 Å². The van der Waals surface area contributed by atoms with Gasteiger partial charge in [-0.2, -0.15) is 0 Å². The number of H-pyrrole nitrogens is 1. The molecule has 0 aliphatic heterocycles. The van der Waals surface area contributed by atoms with Crippen molar-refractivity contribution >= 4 is 27.9 Å². The molecule has 2 aromatic heterocycles. The minimum atomic E-state index is 1.13. The van der Waals surface area contributed by atoms with E-state index in [1.807, 2.05) is 12.1 Å². The molecule has 2 heteroatoms. The molecule has 0 fully saturated rings. The van der Waals surface area contributed by atoms with Crippen molar-refractivity contribution in [2.24, 2.45) is 0 Å². The minimum Gasteiger partial charge on any atom is -0.353 e. The van der Waals surface area contributed by atoms with Crippen molar-refractivity contribution in [3.63, 3.8) is 0 Å². The Hall–Kier alpha value is -3.00. The maximum Gasteiger partial charge on any atom is 0.0771 e. The zero-order chi connectivity index (χ0) is 15.8. The lowest BCUT2D eigenvalue weighted by Crippen LogP contribution is -1.91. The highest BCUT2D eigenvalue weighted by Crippen LogP contribution is 2.31. The SMILES string of the molecule is C=C/C=C\c1[nH]c2c(ccc3ccn(-c4ccccc4)c32)c1C. The molecule has 23 heavy (non-hydrogen) atoms. The Labute approximate surface area is 135 Å². The number of aromatic nitrogens is 2. The van der Waals surface area contributed by atoms with Gasteiger partial charge in [-0.1, -0.05) is 49.1 Å². The molecule has 0 unspecified atom stereocenters. The molecule has 0 saturated heterocycles. The number of aromatic amines is 1. The number of nitrogens with zero attached hydrogens (tertiary/aromatic N) is 1. The van der Waals surface area contributed by atoms with Gasteiger partial charge in [0.15, 0.2) is 0 Å². The number of benzene rings is 2. The van der Waals surface area contributed by atoms with Gasteiger partial charge in [0.25, 0.3) is 0 Å². The Morgan fingerprint density at radius 2 is 1.87 bits per heavy atom. The summed E-state index contributed by atoms with van der Waals surface area (Å²) in [5.41, 5.74) is 5.96. The lowest BCUT2D eigenvalue weighted by atomic mass is 10.1. The molecule has 2 heterocycles. The third kappa shape index (κ3) is 2.11. The quantitative estimate of drug-likeness (QED) is 0.474. The molecule has 2 aromatic carbocycles. The van der Waals surface area contributed by atoms with Crippen LogP contribution < -0.4 is 0 Å². The summed E-state index contributed by atoms with van der Waals surface area (Å²) in [6, 6.07) is 17.0. The van der Waals surface area contributed by atoms with Crippen molar-refractivity contribution in [2.75, 3.05) is 0 Å². The fourth-order valence-corrected chi connectivity index (χ4v) is 3.18. The summed E-state index contributed by atoms with van der Waals surface area (Å²) < 4.78 is 2.24. The monoisotopic (exact) mass is 298 g/mol. The van der Waals surface area contributed by atoms with Gasteiger partial charge in [-0.15, -0.1) is 0 Å². The van der Waals surface area contributed by atoms with Crippen LogP contribution in [0.4, 0.5) is 0 Å². The minimum absolute atomic E-state index is 1.13. The highest BCUT2D eigenvalue weighted by Gasteiger charge is 2.12. The molecule has 0 spiro atoms. The van der Waals surface area contributed by atoms with Crippen LogP contribution >= 0.6 is 0 Å². The molecule has 2 nitrogen and oxygen atoms in total. The van der Waals surface area contributed by atoms with E-state index in [0.29, 0.717) is 0 Å². The van der Waals surface area contributed by atoms with E-state index in [0.717, 1.165) is 5.69 Å². The maximum absolute atomic E-state index is 3.75. The molecular weight excluding hydrogens is 280 g/mol. The molecule has 4 aromatic rings. The van der Waals surface area contributed by atoms with Crippen LogP contribution in [0, 0.1) is 6.92 Å². The Bertz CT molecular complexity index is 1030. The van der Waals surface area contributed by atoms with E-state index >= 15 is 0 Å². The molecule has 0 amide bonds. The number of para-hydroxylation sites is 1. The van der Waals surface area contributed by atoms with Gasteiger partial charge < -0.3 is 9.55 Å². The van der Waals surface area contributed by atoms with E-state index < -0.39 is 0 Å². The van der Waals surface area contributed by atoms with Crippen LogP contribution in [0.1, 0.15) is 11.3 Å². The molecule has 0 atom stereocenters. The van der Waals surface area contributed by atoms with E-state index in [1.165, 1.54) is 33.1 Å². The van der Waals surface area contributed by atoms with Crippen LogP contribution in [-0.4, -0.2) is 9.55 Å². The van der Waals surface area contributed by atoms with Gasteiger partial charge in [-0.25, -0.2) is 0 Å². The second-order valence-corrected chi connectivity index (χ2v) is 5.71.